The summed E-state index contributed by atoms with van der Waals surface area (Å²) in [6.07, 6.45) is 0. The standard InChI is InChI=1S/C19H21NO3/c1-11-17(13-3-7-15(21)8-4-13)20-18(12(2)19(11)23)14-5-9-16(22)10-6-14/h3-12,17-18,20-22H,1-2H3/t11-,12-,17-,18+/m1/s1. The van der Waals surface area contributed by atoms with E-state index in [1.807, 2.05) is 38.1 Å². The number of rotatable bonds is 2. The molecule has 2 aromatic carbocycles. The molecule has 0 radical (unpaired) electrons. The van der Waals surface area contributed by atoms with Gasteiger partial charge in [-0.3, -0.25) is 4.79 Å². The minimum atomic E-state index is -0.136. The van der Waals surface area contributed by atoms with Gasteiger partial charge in [-0.1, -0.05) is 38.1 Å². The second kappa shape index (κ2) is 6.05. The van der Waals surface area contributed by atoms with E-state index in [9.17, 15) is 15.0 Å². The number of carbonyl (C=O) groups is 1. The maximum atomic E-state index is 12.7. The van der Waals surface area contributed by atoms with Crippen LogP contribution in [0.4, 0.5) is 0 Å². The number of piperidine rings is 1. The van der Waals surface area contributed by atoms with Crippen molar-refractivity contribution in [1.82, 2.24) is 5.32 Å². The first kappa shape index (κ1) is 15.6. The fourth-order valence-corrected chi connectivity index (χ4v) is 3.36. The minimum Gasteiger partial charge on any atom is -0.508 e. The molecule has 3 rings (SSSR count). The number of benzene rings is 2. The third-order valence-corrected chi connectivity index (χ3v) is 4.76. The van der Waals surface area contributed by atoms with Crippen molar-refractivity contribution in [3.8, 4) is 11.5 Å². The number of carbonyl (C=O) groups excluding carboxylic acids is 1. The van der Waals surface area contributed by atoms with Gasteiger partial charge in [-0.2, -0.15) is 0 Å². The third-order valence-electron chi connectivity index (χ3n) is 4.76. The van der Waals surface area contributed by atoms with Crippen LogP contribution in [-0.2, 0) is 4.79 Å². The molecule has 1 aliphatic heterocycles. The predicted molar refractivity (Wildman–Crippen MR) is 88.2 cm³/mol. The monoisotopic (exact) mass is 311 g/mol. The first-order valence-electron chi connectivity index (χ1n) is 7.85. The van der Waals surface area contributed by atoms with Crippen molar-refractivity contribution in [2.75, 3.05) is 0 Å². The van der Waals surface area contributed by atoms with E-state index in [2.05, 4.69) is 5.32 Å². The molecule has 0 aliphatic carbocycles. The van der Waals surface area contributed by atoms with E-state index in [-0.39, 0.29) is 41.2 Å². The zero-order valence-corrected chi connectivity index (χ0v) is 13.2. The lowest BCUT2D eigenvalue weighted by molar-refractivity contribution is -0.130. The average Bonchev–Trinajstić information content (AvgIpc) is 2.55. The van der Waals surface area contributed by atoms with Crippen molar-refractivity contribution in [2.24, 2.45) is 11.8 Å². The van der Waals surface area contributed by atoms with Gasteiger partial charge in [0.25, 0.3) is 0 Å². The van der Waals surface area contributed by atoms with E-state index in [1.165, 1.54) is 0 Å². The van der Waals surface area contributed by atoms with Crippen molar-refractivity contribution in [3.05, 3.63) is 59.7 Å². The molecule has 4 nitrogen and oxygen atoms in total. The molecule has 0 aromatic heterocycles. The molecule has 2 aromatic rings. The van der Waals surface area contributed by atoms with Crippen LogP contribution < -0.4 is 5.32 Å². The Balaban J connectivity index is 1.94. The van der Waals surface area contributed by atoms with Crippen LogP contribution in [0.1, 0.15) is 37.1 Å². The molecular formula is C19H21NO3. The summed E-state index contributed by atoms with van der Waals surface area (Å²) in [6.45, 7) is 3.88. The Bertz CT molecular complexity index is 634. The van der Waals surface area contributed by atoms with Crippen LogP contribution in [0.15, 0.2) is 48.5 Å². The lowest BCUT2D eigenvalue weighted by atomic mass is 9.76. The van der Waals surface area contributed by atoms with E-state index < -0.39 is 0 Å². The smallest absolute Gasteiger partial charge is 0.142 e. The van der Waals surface area contributed by atoms with Gasteiger partial charge in [0.15, 0.2) is 0 Å². The predicted octanol–water partition coefficient (Wildman–Crippen LogP) is 3.32. The van der Waals surface area contributed by atoms with Gasteiger partial charge in [0.1, 0.15) is 17.3 Å². The largest absolute Gasteiger partial charge is 0.508 e. The zero-order chi connectivity index (χ0) is 16.6. The van der Waals surface area contributed by atoms with Crippen LogP contribution >= 0.6 is 0 Å². The molecule has 23 heavy (non-hydrogen) atoms. The van der Waals surface area contributed by atoms with Crippen molar-refractivity contribution >= 4 is 5.78 Å². The number of hydrogen-bond acceptors (Lipinski definition) is 4. The molecule has 0 amide bonds. The summed E-state index contributed by atoms with van der Waals surface area (Å²) >= 11 is 0. The van der Waals surface area contributed by atoms with Crippen LogP contribution in [0, 0.1) is 11.8 Å². The summed E-state index contributed by atoms with van der Waals surface area (Å²) in [6, 6.07) is 13.8. The van der Waals surface area contributed by atoms with E-state index in [0.29, 0.717) is 0 Å². The Morgan fingerprint density at radius 1 is 0.739 bits per heavy atom. The van der Waals surface area contributed by atoms with Crippen LogP contribution in [0.3, 0.4) is 0 Å². The fourth-order valence-electron chi connectivity index (χ4n) is 3.36. The number of hydrogen-bond donors (Lipinski definition) is 3. The molecule has 3 N–H and O–H groups in total. The minimum absolute atomic E-state index is 0.0990. The molecular weight excluding hydrogens is 290 g/mol. The lowest BCUT2D eigenvalue weighted by Gasteiger charge is -2.39. The Kier molecular flexibility index (Phi) is 4.09. The van der Waals surface area contributed by atoms with Crippen molar-refractivity contribution < 1.29 is 15.0 Å². The maximum absolute atomic E-state index is 12.7. The second-order valence-electron chi connectivity index (χ2n) is 6.28. The molecule has 0 unspecified atom stereocenters. The highest BCUT2D eigenvalue weighted by atomic mass is 16.3. The van der Waals surface area contributed by atoms with E-state index in [1.54, 1.807) is 24.3 Å². The maximum Gasteiger partial charge on any atom is 0.142 e. The number of nitrogens with one attached hydrogen (secondary N) is 1. The van der Waals surface area contributed by atoms with Crippen LogP contribution in [0.5, 0.6) is 11.5 Å². The highest BCUT2D eigenvalue weighted by molar-refractivity contribution is 5.85. The highest BCUT2D eigenvalue weighted by Gasteiger charge is 2.40. The average molecular weight is 311 g/mol. The molecule has 0 bridgehead atoms. The van der Waals surface area contributed by atoms with Gasteiger partial charge in [-0.15, -0.1) is 0 Å². The molecule has 1 aliphatic rings. The third kappa shape index (κ3) is 2.94. The van der Waals surface area contributed by atoms with Crippen LogP contribution in [0.25, 0.3) is 0 Å². The van der Waals surface area contributed by atoms with Gasteiger partial charge in [-0.05, 0) is 35.4 Å². The topological polar surface area (TPSA) is 69.6 Å². The number of aromatic hydroxyl groups is 2. The lowest BCUT2D eigenvalue weighted by Crippen LogP contribution is -2.46. The molecule has 1 saturated heterocycles. The van der Waals surface area contributed by atoms with Gasteiger partial charge in [-0.25, -0.2) is 0 Å². The summed E-state index contributed by atoms with van der Waals surface area (Å²) in [4.78, 5) is 12.7. The number of Topliss-reactive ketones (excluding diaryl/α,β-unsaturated/α-hetero) is 1. The quantitative estimate of drug-likeness (QED) is 0.796. The van der Waals surface area contributed by atoms with Gasteiger partial charge < -0.3 is 15.5 Å². The highest BCUT2D eigenvalue weighted by Crippen LogP contribution is 2.38. The SMILES string of the molecule is C[C@H]1C(=O)[C@H](C)[C@H](c2ccc(O)cc2)N[C@@H]1c1ccc(O)cc1. The Morgan fingerprint density at radius 2 is 1.09 bits per heavy atom. The first-order chi connectivity index (χ1) is 11.0. The number of ketones is 1. The van der Waals surface area contributed by atoms with Crippen LogP contribution in [0.2, 0.25) is 0 Å². The number of phenols is 2. The summed E-state index contributed by atoms with van der Waals surface area (Å²) in [5, 5.41) is 22.5. The Morgan fingerprint density at radius 3 is 1.43 bits per heavy atom. The molecule has 1 heterocycles. The molecule has 4 heteroatoms. The van der Waals surface area contributed by atoms with Crippen molar-refractivity contribution in [3.63, 3.8) is 0 Å². The number of phenolic OH excluding ortho intramolecular Hbond substituents is 2. The molecule has 0 spiro atoms. The van der Waals surface area contributed by atoms with Gasteiger partial charge in [0.05, 0.1) is 0 Å². The second-order valence-corrected chi connectivity index (χ2v) is 6.28. The summed E-state index contributed by atoms with van der Waals surface area (Å²) < 4.78 is 0. The van der Waals surface area contributed by atoms with Gasteiger partial charge in [0.2, 0.25) is 0 Å². The van der Waals surface area contributed by atoms with E-state index >= 15 is 0 Å². The normalized spacial score (nSPS) is 27.8. The van der Waals surface area contributed by atoms with Crippen molar-refractivity contribution in [1.29, 1.82) is 0 Å². The van der Waals surface area contributed by atoms with E-state index in [4.69, 9.17) is 0 Å². The Hall–Kier alpha value is -2.33. The zero-order valence-electron chi connectivity index (χ0n) is 13.2. The van der Waals surface area contributed by atoms with Crippen molar-refractivity contribution in [2.45, 2.75) is 25.9 Å². The molecule has 4 atom stereocenters. The van der Waals surface area contributed by atoms with E-state index in [0.717, 1.165) is 11.1 Å². The van der Waals surface area contributed by atoms with Gasteiger partial charge in [0, 0.05) is 23.9 Å². The summed E-state index contributed by atoms with van der Waals surface area (Å²) in [5.41, 5.74) is 1.97. The molecule has 1 fully saturated rings. The summed E-state index contributed by atoms with van der Waals surface area (Å²) in [7, 11) is 0. The summed E-state index contributed by atoms with van der Waals surface area (Å²) in [5.74, 6) is 0.379. The van der Waals surface area contributed by atoms with Gasteiger partial charge >= 0.3 is 0 Å². The fraction of sp³-hybridized carbons (Fsp3) is 0.316. The molecule has 0 saturated carbocycles. The van der Waals surface area contributed by atoms with Crippen LogP contribution in [-0.4, -0.2) is 16.0 Å². The first-order valence-corrected chi connectivity index (χ1v) is 7.85. The Labute approximate surface area is 135 Å². The molecule has 120 valence electrons.